The molecule has 0 aromatic heterocycles. The lowest BCUT2D eigenvalue weighted by atomic mass is 10.1. The number of hydrogen-bond donors (Lipinski definition) is 1. The molecule has 0 unspecified atom stereocenters. The normalized spacial score (nSPS) is 11.8. The lowest BCUT2D eigenvalue weighted by Gasteiger charge is -2.07. The first-order valence-electron chi connectivity index (χ1n) is 11.0. The van der Waals surface area contributed by atoms with Crippen molar-refractivity contribution in [3.8, 4) is 0 Å². The Morgan fingerprint density at radius 2 is 1.26 bits per heavy atom. The lowest BCUT2D eigenvalue weighted by molar-refractivity contribution is 0.103. The number of nitrogens with zero attached hydrogens (tertiary/aromatic N) is 2. The summed E-state index contributed by atoms with van der Waals surface area (Å²) in [6, 6.07) is 24.1. The van der Waals surface area contributed by atoms with E-state index in [9.17, 15) is 9.59 Å². The molecule has 3 aromatic carbocycles. The number of hydrogen-bond acceptors (Lipinski definition) is 7. The van der Waals surface area contributed by atoms with Crippen LogP contribution in [-0.4, -0.2) is 28.2 Å². The summed E-state index contributed by atoms with van der Waals surface area (Å²) >= 11 is 1.52. The molecule has 3 rings (SSSR count). The van der Waals surface area contributed by atoms with Crippen molar-refractivity contribution in [1.82, 2.24) is 0 Å². The zero-order valence-corrected chi connectivity index (χ0v) is 19.9. The highest BCUT2D eigenvalue weighted by Gasteiger charge is 2.15. The summed E-state index contributed by atoms with van der Waals surface area (Å²) in [6.07, 6.45) is 0.830. The Morgan fingerprint density at radius 1 is 0.765 bits per heavy atom. The highest BCUT2D eigenvalue weighted by atomic mass is 32.2. The van der Waals surface area contributed by atoms with Crippen molar-refractivity contribution in [2.45, 2.75) is 43.1 Å². The van der Waals surface area contributed by atoms with Crippen LogP contribution in [0, 0.1) is 0 Å². The molecular formula is C27H26N2O4S. The number of benzene rings is 3. The van der Waals surface area contributed by atoms with Gasteiger partial charge in [0.1, 0.15) is 18.0 Å². The van der Waals surface area contributed by atoms with E-state index in [0.29, 0.717) is 36.3 Å². The van der Waals surface area contributed by atoms with Crippen molar-refractivity contribution in [3.05, 3.63) is 95.6 Å². The van der Waals surface area contributed by atoms with Gasteiger partial charge in [-0.3, -0.25) is 9.59 Å². The number of carbonyl (C=O) groups is 2. The van der Waals surface area contributed by atoms with E-state index in [-0.39, 0.29) is 17.3 Å². The quantitative estimate of drug-likeness (QED) is 0.150. The highest BCUT2D eigenvalue weighted by Crippen LogP contribution is 2.28. The van der Waals surface area contributed by atoms with E-state index in [1.54, 1.807) is 31.2 Å². The Morgan fingerprint density at radius 3 is 1.74 bits per heavy atom. The zero-order valence-electron chi connectivity index (χ0n) is 19.1. The average molecular weight is 475 g/mol. The maximum Gasteiger partial charge on any atom is 0.210 e. The number of ketones is 2. The van der Waals surface area contributed by atoms with Crippen molar-refractivity contribution in [2.75, 3.05) is 0 Å². The molecule has 1 N–H and O–H groups in total. The minimum atomic E-state index is -0.287. The summed E-state index contributed by atoms with van der Waals surface area (Å²) < 4.78 is 0. The summed E-state index contributed by atoms with van der Waals surface area (Å²) in [6.45, 7) is 3.94. The van der Waals surface area contributed by atoms with Gasteiger partial charge in [0, 0.05) is 20.9 Å². The predicted octanol–water partition coefficient (Wildman–Crippen LogP) is 6.43. The van der Waals surface area contributed by atoms with E-state index in [1.165, 1.54) is 11.8 Å². The maximum atomic E-state index is 12.8. The molecule has 0 radical (unpaired) electrons. The molecule has 7 heteroatoms. The highest BCUT2D eigenvalue weighted by molar-refractivity contribution is 7.99. The summed E-state index contributed by atoms with van der Waals surface area (Å²) in [5, 5.41) is 16.1. The van der Waals surface area contributed by atoms with Gasteiger partial charge >= 0.3 is 0 Å². The van der Waals surface area contributed by atoms with Crippen LogP contribution in [0.25, 0.3) is 0 Å². The zero-order chi connectivity index (χ0) is 24.3. The third kappa shape index (κ3) is 6.65. The average Bonchev–Trinajstić information content (AvgIpc) is 2.88. The first kappa shape index (κ1) is 24.9. The summed E-state index contributed by atoms with van der Waals surface area (Å²) in [7, 11) is 0. The summed E-state index contributed by atoms with van der Waals surface area (Å²) in [5.41, 5.74) is 2.50. The minimum absolute atomic E-state index is 0.126. The van der Waals surface area contributed by atoms with Gasteiger partial charge in [0.05, 0.1) is 0 Å². The first-order valence-corrected chi connectivity index (χ1v) is 11.8. The largest absolute Gasteiger partial charge is 0.411 e. The van der Waals surface area contributed by atoms with Crippen LogP contribution in [0.2, 0.25) is 0 Å². The van der Waals surface area contributed by atoms with E-state index in [0.717, 1.165) is 15.4 Å². The minimum Gasteiger partial charge on any atom is -0.411 e. The van der Waals surface area contributed by atoms with Crippen LogP contribution >= 0.6 is 11.8 Å². The van der Waals surface area contributed by atoms with Crippen molar-refractivity contribution in [1.29, 1.82) is 0 Å². The number of Topliss-reactive ketones (excluding diaryl/α,β-unsaturated/α-hetero) is 2. The molecule has 0 aliphatic rings. The van der Waals surface area contributed by atoms with Crippen molar-refractivity contribution in [2.24, 2.45) is 10.3 Å². The molecule has 0 spiro atoms. The van der Waals surface area contributed by atoms with E-state index in [4.69, 9.17) is 10.0 Å². The monoisotopic (exact) mass is 474 g/mol. The molecule has 34 heavy (non-hydrogen) atoms. The Bertz CT molecular complexity index is 1170. The van der Waals surface area contributed by atoms with Gasteiger partial charge in [-0.1, -0.05) is 66.3 Å². The Hall–Kier alpha value is -3.71. The van der Waals surface area contributed by atoms with E-state index >= 15 is 0 Å². The standard InChI is InChI=1S/C27H26N2O4S/c1-3-24(28-32)26(30)20-10-14-22(15-11-20)34-23-16-12-21(13-17-23)27(31)25(4-2)29-33-18-19-8-6-5-7-9-19/h5-17,32H,3-4,18H2,1-2H3. The summed E-state index contributed by atoms with van der Waals surface area (Å²) in [4.78, 5) is 32.4. The second-order valence-corrected chi connectivity index (χ2v) is 8.51. The third-order valence-electron chi connectivity index (χ3n) is 5.03. The SMILES string of the molecule is CCC(=NO)C(=O)c1ccc(Sc2ccc(C(=O)C(CC)=NOCc3ccccc3)cc2)cc1. The molecule has 0 aliphatic heterocycles. The summed E-state index contributed by atoms with van der Waals surface area (Å²) in [5.74, 6) is -0.446. The molecule has 0 amide bonds. The van der Waals surface area contributed by atoms with E-state index < -0.39 is 0 Å². The maximum absolute atomic E-state index is 12.8. The molecule has 0 bridgehead atoms. The van der Waals surface area contributed by atoms with Gasteiger partial charge in [-0.05, 0) is 66.9 Å². The molecule has 0 atom stereocenters. The van der Waals surface area contributed by atoms with Crippen LogP contribution in [0.4, 0.5) is 0 Å². The third-order valence-corrected chi connectivity index (χ3v) is 6.05. The smallest absolute Gasteiger partial charge is 0.210 e. The van der Waals surface area contributed by atoms with E-state index in [1.807, 2.05) is 61.5 Å². The van der Waals surface area contributed by atoms with Crippen LogP contribution < -0.4 is 0 Å². The van der Waals surface area contributed by atoms with Crippen LogP contribution in [0.15, 0.2) is 99.0 Å². The molecular weight excluding hydrogens is 448 g/mol. The molecule has 0 saturated heterocycles. The van der Waals surface area contributed by atoms with Gasteiger partial charge in [0.15, 0.2) is 0 Å². The fraction of sp³-hybridized carbons (Fsp3) is 0.185. The topological polar surface area (TPSA) is 88.3 Å². The van der Waals surface area contributed by atoms with Gasteiger partial charge in [0.25, 0.3) is 0 Å². The Labute approximate surface area is 203 Å². The number of rotatable bonds is 11. The van der Waals surface area contributed by atoms with E-state index in [2.05, 4.69) is 10.3 Å². The van der Waals surface area contributed by atoms with Crippen LogP contribution in [0.5, 0.6) is 0 Å². The molecule has 0 saturated carbocycles. The van der Waals surface area contributed by atoms with Crippen LogP contribution in [0.1, 0.15) is 53.0 Å². The van der Waals surface area contributed by atoms with Gasteiger partial charge in [-0.25, -0.2) is 0 Å². The van der Waals surface area contributed by atoms with Crippen molar-refractivity contribution < 1.29 is 19.6 Å². The first-order chi connectivity index (χ1) is 16.5. The molecule has 6 nitrogen and oxygen atoms in total. The molecule has 174 valence electrons. The van der Waals surface area contributed by atoms with Crippen molar-refractivity contribution >= 4 is 34.8 Å². The lowest BCUT2D eigenvalue weighted by Crippen LogP contribution is -2.14. The fourth-order valence-electron chi connectivity index (χ4n) is 3.12. The molecule has 0 fully saturated rings. The Balaban J connectivity index is 1.62. The fourth-order valence-corrected chi connectivity index (χ4v) is 3.94. The second-order valence-electron chi connectivity index (χ2n) is 7.36. The number of carbonyl (C=O) groups excluding carboxylic acids is 2. The van der Waals surface area contributed by atoms with Crippen molar-refractivity contribution in [3.63, 3.8) is 0 Å². The number of oxime groups is 2. The molecule has 0 heterocycles. The van der Waals surface area contributed by atoms with Gasteiger partial charge in [0.2, 0.25) is 11.6 Å². The van der Waals surface area contributed by atoms with Gasteiger partial charge in [-0.2, -0.15) is 0 Å². The predicted molar refractivity (Wildman–Crippen MR) is 134 cm³/mol. The second kappa shape index (κ2) is 12.5. The van der Waals surface area contributed by atoms with Crippen LogP contribution in [-0.2, 0) is 11.4 Å². The molecule has 0 aliphatic carbocycles. The Kier molecular flexibility index (Phi) is 9.17. The van der Waals surface area contributed by atoms with Gasteiger partial charge < -0.3 is 10.0 Å². The molecule has 3 aromatic rings. The van der Waals surface area contributed by atoms with Gasteiger partial charge in [-0.15, -0.1) is 0 Å². The van der Waals surface area contributed by atoms with Crippen LogP contribution in [0.3, 0.4) is 0 Å².